The van der Waals surface area contributed by atoms with E-state index >= 15 is 0 Å². The molecule has 142 valence electrons. The summed E-state index contributed by atoms with van der Waals surface area (Å²) in [7, 11) is 0. The first-order valence-electron chi connectivity index (χ1n) is 8.12. The highest BCUT2D eigenvalue weighted by Gasteiger charge is 2.32. The number of benzene rings is 2. The normalized spacial score (nSPS) is 16.8. The number of amides is 1. The molecule has 28 heavy (non-hydrogen) atoms. The molecule has 3 rings (SSSR count). The Labute approximate surface area is 170 Å². The number of aromatic hydroxyl groups is 1. The van der Waals surface area contributed by atoms with E-state index in [2.05, 4.69) is 11.6 Å². The Morgan fingerprint density at radius 3 is 2.68 bits per heavy atom. The lowest BCUT2D eigenvalue weighted by atomic mass is 10.2. The van der Waals surface area contributed by atoms with Crippen LogP contribution in [0.25, 0.3) is 6.08 Å². The van der Waals surface area contributed by atoms with Crippen molar-refractivity contribution in [3.63, 3.8) is 0 Å². The lowest BCUT2D eigenvalue weighted by Gasteiger charge is -2.12. The zero-order chi connectivity index (χ0) is 20.3. The van der Waals surface area contributed by atoms with Crippen molar-refractivity contribution in [3.8, 4) is 5.75 Å². The quantitative estimate of drug-likeness (QED) is 0.554. The van der Waals surface area contributed by atoms with Gasteiger partial charge in [-0.05, 0) is 41.6 Å². The van der Waals surface area contributed by atoms with E-state index in [-0.39, 0.29) is 18.0 Å². The van der Waals surface area contributed by atoms with Gasteiger partial charge < -0.3 is 10.2 Å². The Kier molecular flexibility index (Phi) is 5.87. The molecule has 2 aromatic rings. The molecule has 0 atom stereocenters. The summed E-state index contributed by atoms with van der Waals surface area (Å²) in [5.41, 5.74) is 0.815. The molecule has 2 aromatic carbocycles. The molecule has 2 N–H and O–H groups in total. The lowest BCUT2D eigenvalue weighted by Crippen LogP contribution is -2.29. The van der Waals surface area contributed by atoms with Crippen molar-refractivity contribution >= 4 is 52.2 Å². The number of carboxylic acid groups (broad SMARTS) is 1. The first kappa shape index (κ1) is 19.7. The molecule has 0 bridgehead atoms. The number of rotatable bonds is 5. The fraction of sp³-hybridized carbons (Fsp3) is 0.0500. The van der Waals surface area contributed by atoms with Gasteiger partial charge in [-0.1, -0.05) is 35.9 Å². The maximum Gasteiger partial charge on any atom is 0.339 e. The van der Waals surface area contributed by atoms with E-state index in [1.807, 2.05) is 6.07 Å². The summed E-state index contributed by atoms with van der Waals surface area (Å²) in [6.45, 7) is 3.92. The molecule has 8 heteroatoms. The summed E-state index contributed by atoms with van der Waals surface area (Å²) in [5, 5.41) is 19.8. The minimum atomic E-state index is -1.24. The van der Waals surface area contributed by atoms with Gasteiger partial charge in [-0.3, -0.25) is 9.69 Å². The first-order valence-corrected chi connectivity index (χ1v) is 9.32. The van der Waals surface area contributed by atoms with E-state index in [0.717, 1.165) is 11.8 Å². The summed E-state index contributed by atoms with van der Waals surface area (Å²) < 4.78 is 0. The summed E-state index contributed by atoms with van der Waals surface area (Å²) in [4.78, 5) is 30.1. The molecule has 6 nitrogen and oxygen atoms in total. The predicted octanol–water partition coefficient (Wildman–Crippen LogP) is 4.53. The fourth-order valence-corrected chi connectivity index (χ4v) is 3.68. The van der Waals surface area contributed by atoms with Crippen molar-refractivity contribution in [1.29, 1.82) is 0 Å². The molecule has 1 heterocycles. The third-order valence-corrected chi connectivity index (χ3v) is 5.18. The highest BCUT2D eigenvalue weighted by atomic mass is 35.5. The molecule has 0 unspecified atom stereocenters. The molecule has 0 saturated carbocycles. The molecule has 0 aromatic heterocycles. The van der Waals surface area contributed by atoms with E-state index in [0.29, 0.717) is 26.3 Å². The molecule has 1 aliphatic rings. The zero-order valence-corrected chi connectivity index (χ0v) is 16.1. The van der Waals surface area contributed by atoms with Gasteiger partial charge in [-0.15, -0.1) is 6.58 Å². The third kappa shape index (κ3) is 4.11. The van der Waals surface area contributed by atoms with Crippen LogP contribution in [-0.4, -0.2) is 38.7 Å². The van der Waals surface area contributed by atoms with Crippen LogP contribution in [0.1, 0.15) is 15.9 Å². The number of aliphatic imine (C=N–C) groups is 1. The number of carbonyl (C=O) groups is 2. The van der Waals surface area contributed by atoms with Crippen LogP contribution in [0.5, 0.6) is 5.75 Å². The average Bonchev–Trinajstić information content (AvgIpc) is 2.92. The minimum absolute atomic E-state index is 0.221. The third-order valence-electron chi connectivity index (χ3n) is 3.83. The van der Waals surface area contributed by atoms with Crippen molar-refractivity contribution in [3.05, 3.63) is 76.2 Å². The van der Waals surface area contributed by atoms with Gasteiger partial charge in [0, 0.05) is 17.6 Å². The Balaban J connectivity index is 1.98. The van der Waals surface area contributed by atoms with Crippen LogP contribution >= 0.6 is 23.4 Å². The van der Waals surface area contributed by atoms with E-state index in [4.69, 9.17) is 16.7 Å². The molecular weight excluding hydrogens is 400 g/mol. The Morgan fingerprint density at radius 2 is 2.04 bits per heavy atom. The van der Waals surface area contributed by atoms with Crippen LogP contribution in [0.3, 0.4) is 0 Å². The SMILES string of the molecule is C=CCN1C(=O)/C(=C/c2ccccc2Cl)SC1=Nc1ccc(C(=O)O)c(O)c1. The monoisotopic (exact) mass is 414 g/mol. The van der Waals surface area contributed by atoms with E-state index in [1.54, 1.807) is 30.4 Å². The van der Waals surface area contributed by atoms with Crippen LogP contribution in [0.15, 0.2) is 65.0 Å². The number of carboxylic acids is 1. The summed E-state index contributed by atoms with van der Waals surface area (Å²) in [6.07, 6.45) is 3.27. The number of thioether (sulfide) groups is 1. The number of amidine groups is 1. The van der Waals surface area contributed by atoms with Gasteiger partial charge in [-0.2, -0.15) is 0 Å². The molecule has 1 aliphatic heterocycles. The number of hydrogen-bond donors (Lipinski definition) is 2. The van der Waals surface area contributed by atoms with Gasteiger partial charge in [0.15, 0.2) is 5.17 Å². The van der Waals surface area contributed by atoms with Crippen molar-refractivity contribution in [1.82, 2.24) is 4.90 Å². The average molecular weight is 415 g/mol. The number of phenols is 1. The topological polar surface area (TPSA) is 90.2 Å². The standard InChI is InChI=1S/C20H15ClN2O4S/c1-2-9-23-18(25)17(10-12-5-3-4-6-15(12)21)28-20(23)22-13-7-8-14(19(26)27)16(24)11-13/h2-8,10-11,24H,1,9H2,(H,26,27)/b17-10-,22-20?. The zero-order valence-electron chi connectivity index (χ0n) is 14.5. The number of nitrogens with zero attached hydrogens (tertiary/aromatic N) is 2. The second kappa shape index (κ2) is 8.33. The molecule has 0 aliphatic carbocycles. The number of halogens is 1. The number of hydrogen-bond acceptors (Lipinski definition) is 5. The molecule has 1 saturated heterocycles. The maximum atomic E-state index is 12.8. The van der Waals surface area contributed by atoms with Crippen molar-refractivity contribution in [2.45, 2.75) is 0 Å². The van der Waals surface area contributed by atoms with Gasteiger partial charge in [0.1, 0.15) is 11.3 Å². The molecule has 1 fully saturated rings. The smallest absolute Gasteiger partial charge is 0.339 e. The second-order valence-electron chi connectivity index (χ2n) is 5.74. The number of carbonyl (C=O) groups excluding carboxylic acids is 1. The van der Waals surface area contributed by atoms with Crippen molar-refractivity contribution in [2.24, 2.45) is 4.99 Å². The molecular formula is C20H15ClN2O4S. The van der Waals surface area contributed by atoms with E-state index in [9.17, 15) is 14.7 Å². The van der Waals surface area contributed by atoms with Gasteiger partial charge >= 0.3 is 5.97 Å². The van der Waals surface area contributed by atoms with Gasteiger partial charge in [0.05, 0.1) is 10.6 Å². The van der Waals surface area contributed by atoms with Gasteiger partial charge in [0.2, 0.25) is 0 Å². The first-order chi connectivity index (χ1) is 13.4. The molecule has 0 radical (unpaired) electrons. The maximum absolute atomic E-state index is 12.8. The molecule has 1 amide bonds. The minimum Gasteiger partial charge on any atom is -0.507 e. The predicted molar refractivity (Wildman–Crippen MR) is 111 cm³/mol. The Morgan fingerprint density at radius 1 is 1.29 bits per heavy atom. The van der Waals surface area contributed by atoms with Gasteiger partial charge in [0.25, 0.3) is 5.91 Å². The van der Waals surface area contributed by atoms with Crippen molar-refractivity contribution in [2.75, 3.05) is 6.54 Å². The van der Waals surface area contributed by atoms with Crippen LogP contribution in [-0.2, 0) is 4.79 Å². The lowest BCUT2D eigenvalue weighted by molar-refractivity contribution is -0.121. The van der Waals surface area contributed by atoms with Crippen LogP contribution in [0.4, 0.5) is 5.69 Å². The fourth-order valence-electron chi connectivity index (χ4n) is 2.50. The van der Waals surface area contributed by atoms with Crippen LogP contribution in [0.2, 0.25) is 5.02 Å². The van der Waals surface area contributed by atoms with E-state index in [1.165, 1.54) is 23.1 Å². The van der Waals surface area contributed by atoms with Crippen molar-refractivity contribution < 1.29 is 19.8 Å². The second-order valence-corrected chi connectivity index (χ2v) is 7.15. The summed E-state index contributed by atoms with van der Waals surface area (Å²) in [6, 6.07) is 11.1. The number of aromatic carboxylic acids is 1. The Hall–Kier alpha value is -3.03. The highest BCUT2D eigenvalue weighted by molar-refractivity contribution is 8.18. The summed E-state index contributed by atoms with van der Waals surface area (Å²) >= 11 is 7.34. The Bertz CT molecular complexity index is 1030. The largest absolute Gasteiger partial charge is 0.507 e. The highest BCUT2D eigenvalue weighted by Crippen LogP contribution is 2.35. The van der Waals surface area contributed by atoms with Gasteiger partial charge in [-0.25, -0.2) is 9.79 Å². The molecule has 0 spiro atoms. The van der Waals surface area contributed by atoms with Crippen LogP contribution < -0.4 is 0 Å². The van der Waals surface area contributed by atoms with Crippen LogP contribution in [0, 0.1) is 0 Å². The summed E-state index contributed by atoms with van der Waals surface area (Å²) in [5.74, 6) is -1.87. The van der Waals surface area contributed by atoms with E-state index < -0.39 is 11.7 Å².